The minimum absolute atomic E-state index is 0.108. The molecule has 0 fully saturated rings. The average Bonchev–Trinajstić information content (AvgIpc) is 2.95. The Morgan fingerprint density at radius 2 is 2.08 bits per heavy atom. The van der Waals surface area contributed by atoms with Crippen LogP contribution in [-0.2, 0) is 9.63 Å². The van der Waals surface area contributed by atoms with E-state index < -0.39 is 23.5 Å². The van der Waals surface area contributed by atoms with E-state index >= 15 is 0 Å². The Hall–Kier alpha value is -3.49. The fraction of sp³-hybridized carbons (Fsp3) is 0.176. The molecule has 1 N–H and O–H groups in total. The second-order valence-corrected chi connectivity index (χ2v) is 5.48. The first-order chi connectivity index (χ1) is 12.4. The summed E-state index contributed by atoms with van der Waals surface area (Å²) >= 11 is 0. The maximum Gasteiger partial charge on any atom is 0.306 e. The van der Waals surface area contributed by atoms with Gasteiger partial charge in [-0.3, -0.25) is 14.9 Å². The van der Waals surface area contributed by atoms with Gasteiger partial charge in [-0.2, -0.15) is 0 Å². The van der Waals surface area contributed by atoms with Crippen LogP contribution in [0.25, 0.3) is 21.9 Å². The van der Waals surface area contributed by atoms with Crippen LogP contribution in [0.4, 0.5) is 10.1 Å². The number of benzene rings is 2. The third kappa shape index (κ3) is 3.18. The maximum absolute atomic E-state index is 14.3. The Bertz CT molecular complexity index is 1040. The van der Waals surface area contributed by atoms with E-state index in [-0.39, 0.29) is 11.4 Å². The average molecular weight is 360 g/mol. The van der Waals surface area contributed by atoms with Crippen molar-refractivity contribution in [3.05, 3.63) is 52.1 Å². The van der Waals surface area contributed by atoms with Crippen LogP contribution in [0.5, 0.6) is 0 Å². The molecule has 0 amide bonds. The molecule has 0 aliphatic carbocycles. The Morgan fingerprint density at radius 1 is 1.31 bits per heavy atom. The Kier molecular flexibility index (Phi) is 4.53. The van der Waals surface area contributed by atoms with E-state index in [0.717, 1.165) is 0 Å². The molecule has 8 nitrogen and oxygen atoms in total. The molecule has 134 valence electrons. The van der Waals surface area contributed by atoms with E-state index in [1.807, 2.05) is 0 Å². The van der Waals surface area contributed by atoms with Crippen LogP contribution in [0.3, 0.4) is 0 Å². The monoisotopic (exact) mass is 360 g/mol. The van der Waals surface area contributed by atoms with E-state index in [9.17, 15) is 19.3 Å². The van der Waals surface area contributed by atoms with Crippen LogP contribution in [0.1, 0.15) is 12.0 Å². The number of carboxylic acid groups (broad SMARTS) is 1. The van der Waals surface area contributed by atoms with E-state index in [0.29, 0.717) is 27.5 Å². The van der Waals surface area contributed by atoms with Crippen molar-refractivity contribution in [1.29, 1.82) is 0 Å². The highest BCUT2D eigenvalue weighted by Gasteiger charge is 2.22. The molecule has 0 bridgehead atoms. The van der Waals surface area contributed by atoms with Gasteiger partial charge in [0.25, 0.3) is 5.69 Å². The molecule has 0 radical (unpaired) electrons. The minimum atomic E-state index is -1.86. The van der Waals surface area contributed by atoms with Gasteiger partial charge in [0.1, 0.15) is 24.0 Å². The first-order valence-electron chi connectivity index (χ1n) is 7.48. The Labute approximate surface area is 145 Å². The minimum Gasteiger partial charge on any atom is -0.481 e. The summed E-state index contributed by atoms with van der Waals surface area (Å²) in [6, 6.07) is 8.86. The number of alkyl halides is 1. The number of non-ortho nitro benzene ring substituents is 1. The number of hydrogen-bond donors (Lipinski definition) is 1. The summed E-state index contributed by atoms with van der Waals surface area (Å²) in [6.07, 6.45) is -2.61. The van der Waals surface area contributed by atoms with Crippen LogP contribution >= 0.6 is 0 Å². The van der Waals surface area contributed by atoms with Crippen molar-refractivity contribution in [3.8, 4) is 0 Å². The van der Waals surface area contributed by atoms with Crippen LogP contribution in [-0.4, -0.2) is 35.0 Å². The van der Waals surface area contributed by atoms with Gasteiger partial charge < -0.3 is 14.4 Å². The third-order valence-electron chi connectivity index (χ3n) is 3.80. The normalized spacial score (nSPS) is 13.1. The molecule has 1 atom stereocenters. The predicted octanol–water partition coefficient (Wildman–Crippen LogP) is 3.66. The number of nitro groups is 1. The first kappa shape index (κ1) is 17.3. The third-order valence-corrected chi connectivity index (χ3v) is 3.80. The number of fused-ring (bicyclic) bond motifs is 3. The van der Waals surface area contributed by atoms with Gasteiger partial charge in [-0.1, -0.05) is 5.16 Å². The van der Waals surface area contributed by atoms with Gasteiger partial charge in [-0.15, -0.1) is 0 Å². The van der Waals surface area contributed by atoms with Crippen molar-refractivity contribution in [3.63, 3.8) is 0 Å². The maximum atomic E-state index is 14.3. The molecule has 3 aromatic rings. The molecule has 9 heteroatoms. The summed E-state index contributed by atoms with van der Waals surface area (Å²) in [7, 11) is 1.23. The zero-order chi connectivity index (χ0) is 18.8. The molecule has 0 saturated heterocycles. The molecule has 0 aliphatic rings. The fourth-order valence-corrected chi connectivity index (χ4v) is 2.68. The summed E-state index contributed by atoms with van der Waals surface area (Å²) in [5, 5.41) is 24.5. The largest absolute Gasteiger partial charge is 0.481 e. The standard InChI is InChI=1S/C17H13FN2O6/c1-25-19-17(13(18)8-16(21)22)9-2-5-14-12(6-9)11-4-3-10(20(23)24)7-15(11)26-14/h2-7,13H,8H2,1H3,(H,21,22)/b19-17-. The summed E-state index contributed by atoms with van der Waals surface area (Å²) in [5.41, 5.74) is 0.833. The lowest BCUT2D eigenvalue weighted by Gasteiger charge is -2.09. The lowest BCUT2D eigenvalue weighted by atomic mass is 10.0. The number of hydrogen-bond acceptors (Lipinski definition) is 6. The number of halogens is 1. The van der Waals surface area contributed by atoms with Gasteiger partial charge in [0.2, 0.25) is 0 Å². The van der Waals surface area contributed by atoms with Crippen molar-refractivity contribution in [2.24, 2.45) is 5.16 Å². The van der Waals surface area contributed by atoms with Gasteiger partial charge in [-0.25, -0.2) is 4.39 Å². The number of aliphatic carboxylic acids is 1. The highest BCUT2D eigenvalue weighted by molar-refractivity contribution is 6.11. The summed E-state index contributed by atoms with van der Waals surface area (Å²) < 4.78 is 19.9. The Balaban J connectivity index is 2.12. The molecule has 1 aromatic heterocycles. The number of carbonyl (C=O) groups is 1. The molecule has 0 saturated carbocycles. The van der Waals surface area contributed by atoms with E-state index in [2.05, 4.69) is 9.99 Å². The van der Waals surface area contributed by atoms with Crippen LogP contribution in [0.15, 0.2) is 46.0 Å². The smallest absolute Gasteiger partial charge is 0.306 e. The second-order valence-electron chi connectivity index (χ2n) is 5.48. The number of oxime groups is 1. The zero-order valence-electron chi connectivity index (χ0n) is 13.5. The van der Waals surface area contributed by atoms with E-state index in [4.69, 9.17) is 9.52 Å². The highest BCUT2D eigenvalue weighted by atomic mass is 19.1. The van der Waals surface area contributed by atoms with Gasteiger partial charge in [0.05, 0.1) is 17.4 Å². The SMILES string of the molecule is CO/N=C(/c1ccc2oc3cc([N+](=O)[O-])ccc3c2c1)C(F)CC(=O)O. The van der Waals surface area contributed by atoms with Crippen LogP contribution in [0, 0.1) is 10.1 Å². The molecule has 1 heterocycles. The molecule has 0 spiro atoms. The number of furan rings is 1. The quantitative estimate of drug-likeness (QED) is 0.407. The van der Waals surface area contributed by atoms with Crippen molar-refractivity contribution >= 4 is 39.3 Å². The van der Waals surface area contributed by atoms with E-state index in [1.165, 1.54) is 25.3 Å². The van der Waals surface area contributed by atoms with Gasteiger partial charge in [0.15, 0.2) is 6.17 Å². The first-order valence-corrected chi connectivity index (χ1v) is 7.48. The number of nitrogens with zero attached hydrogens (tertiary/aromatic N) is 2. The number of rotatable bonds is 6. The highest BCUT2D eigenvalue weighted by Crippen LogP contribution is 2.32. The van der Waals surface area contributed by atoms with Gasteiger partial charge in [0, 0.05) is 22.4 Å². The molecule has 2 aromatic carbocycles. The molecule has 3 rings (SSSR count). The summed E-state index contributed by atoms with van der Waals surface area (Å²) in [4.78, 5) is 25.8. The number of carboxylic acids is 1. The van der Waals surface area contributed by atoms with Crippen LogP contribution < -0.4 is 0 Å². The lowest BCUT2D eigenvalue weighted by Crippen LogP contribution is -2.21. The summed E-state index contributed by atoms with van der Waals surface area (Å²) in [6.45, 7) is 0. The van der Waals surface area contributed by atoms with Crippen molar-refractivity contribution < 1.29 is 28.5 Å². The van der Waals surface area contributed by atoms with Gasteiger partial charge >= 0.3 is 5.97 Å². The predicted molar refractivity (Wildman–Crippen MR) is 91.1 cm³/mol. The zero-order valence-corrected chi connectivity index (χ0v) is 13.5. The Morgan fingerprint density at radius 3 is 2.73 bits per heavy atom. The summed E-state index contributed by atoms with van der Waals surface area (Å²) in [5.74, 6) is -1.30. The fourth-order valence-electron chi connectivity index (χ4n) is 2.68. The van der Waals surface area contributed by atoms with E-state index in [1.54, 1.807) is 18.2 Å². The van der Waals surface area contributed by atoms with Gasteiger partial charge in [-0.05, 0) is 24.3 Å². The molecule has 0 aliphatic heterocycles. The molecule has 26 heavy (non-hydrogen) atoms. The second kappa shape index (κ2) is 6.79. The topological polar surface area (TPSA) is 115 Å². The number of nitro benzene ring substituents is 1. The molecule has 1 unspecified atom stereocenters. The van der Waals surface area contributed by atoms with Crippen molar-refractivity contribution in [1.82, 2.24) is 0 Å². The molecular weight excluding hydrogens is 347 g/mol. The van der Waals surface area contributed by atoms with Crippen LogP contribution in [0.2, 0.25) is 0 Å². The van der Waals surface area contributed by atoms with Crippen molar-refractivity contribution in [2.75, 3.05) is 7.11 Å². The molecular formula is C17H13FN2O6. The lowest BCUT2D eigenvalue weighted by molar-refractivity contribution is -0.384. The van der Waals surface area contributed by atoms with Crippen molar-refractivity contribution in [2.45, 2.75) is 12.6 Å².